The van der Waals surface area contributed by atoms with Crippen molar-refractivity contribution in [2.75, 3.05) is 4.90 Å². The van der Waals surface area contributed by atoms with E-state index in [1.54, 1.807) is 0 Å². The molecule has 0 saturated carbocycles. The zero-order valence-electron chi connectivity index (χ0n) is 26.4. The number of nitrogens with zero attached hydrogens (tertiary/aromatic N) is 3. The fraction of sp³-hybridized carbons (Fsp3) is 0.0682. The minimum absolute atomic E-state index is 0.0428. The first-order valence-electron chi connectivity index (χ1n) is 16.2. The molecule has 0 atom stereocenters. The summed E-state index contributed by atoms with van der Waals surface area (Å²) in [6, 6.07) is 56.9. The number of rotatable bonds is 5. The van der Waals surface area contributed by atoms with E-state index in [0.29, 0.717) is 0 Å². The topological polar surface area (TPSA) is 21.1 Å². The SMILES string of the molecule is CC1(C)c2ccccc2-c2cc(N(c3ccc(-c4ccccc4)cc3)c3ccc4c(c3)c3ccccc3n4-c3ccccn3)ccc21. The van der Waals surface area contributed by atoms with Crippen LogP contribution in [0.1, 0.15) is 25.0 Å². The molecule has 0 saturated heterocycles. The van der Waals surface area contributed by atoms with Crippen molar-refractivity contribution in [1.29, 1.82) is 0 Å². The van der Waals surface area contributed by atoms with Gasteiger partial charge in [0.2, 0.25) is 0 Å². The van der Waals surface area contributed by atoms with Crippen LogP contribution in [0.3, 0.4) is 0 Å². The van der Waals surface area contributed by atoms with E-state index >= 15 is 0 Å². The smallest absolute Gasteiger partial charge is 0.137 e. The molecule has 0 N–H and O–H groups in total. The van der Waals surface area contributed by atoms with Crippen LogP contribution in [0, 0.1) is 0 Å². The van der Waals surface area contributed by atoms with Crippen molar-refractivity contribution in [3.63, 3.8) is 0 Å². The van der Waals surface area contributed by atoms with E-state index in [9.17, 15) is 0 Å². The van der Waals surface area contributed by atoms with Crippen LogP contribution in [0.4, 0.5) is 17.1 Å². The van der Waals surface area contributed by atoms with Crippen LogP contribution >= 0.6 is 0 Å². The van der Waals surface area contributed by atoms with Crippen LogP contribution in [0.2, 0.25) is 0 Å². The molecule has 1 aliphatic carbocycles. The summed E-state index contributed by atoms with van der Waals surface area (Å²) in [5.41, 5.74) is 13.4. The van der Waals surface area contributed by atoms with E-state index < -0.39 is 0 Å². The lowest BCUT2D eigenvalue weighted by Gasteiger charge is -2.27. The number of hydrogen-bond acceptors (Lipinski definition) is 2. The molecular formula is C44H33N3. The summed E-state index contributed by atoms with van der Waals surface area (Å²) in [5, 5.41) is 2.40. The van der Waals surface area contributed by atoms with E-state index in [1.165, 1.54) is 44.2 Å². The van der Waals surface area contributed by atoms with Gasteiger partial charge in [-0.1, -0.05) is 111 Å². The van der Waals surface area contributed by atoms with Crippen LogP contribution < -0.4 is 4.90 Å². The Morgan fingerprint density at radius 2 is 1.13 bits per heavy atom. The Kier molecular flexibility index (Phi) is 6.16. The Morgan fingerprint density at radius 3 is 1.96 bits per heavy atom. The molecule has 224 valence electrons. The number of pyridine rings is 1. The zero-order valence-corrected chi connectivity index (χ0v) is 26.4. The number of benzene rings is 6. The molecule has 0 bridgehead atoms. The van der Waals surface area contributed by atoms with Gasteiger partial charge in [-0.3, -0.25) is 4.57 Å². The first kappa shape index (κ1) is 27.4. The lowest BCUT2D eigenvalue weighted by Crippen LogP contribution is -2.15. The molecule has 9 rings (SSSR count). The van der Waals surface area contributed by atoms with Gasteiger partial charge < -0.3 is 4.90 Å². The van der Waals surface area contributed by atoms with Crippen LogP contribution in [-0.4, -0.2) is 9.55 Å². The minimum atomic E-state index is -0.0428. The highest BCUT2D eigenvalue weighted by Gasteiger charge is 2.35. The number of para-hydroxylation sites is 1. The molecular weight excluding hydrogens is 571 g/mol. The van der Waals surface area contributed by atoms with Gasteiger partial charge in [0.1, 0.15) is 5.82 Å². The standard InChI is InChI=1S/C44H33N3/c1-44(2)39-16-8-6-14-35(39)37-28-33(23-25-40(37)44)46(32-21-19-31(20-22-32)30-12-4-3-5-13-30)34-24-26-42-38(29-34)36-15-7-9-17-41(36)47(42)43-18-10-11-27-45-43/h3-29H,1-2H3. The van der Waals surface area contributed by atoms with E-state index in [0.717, 1.165) is 33.9 Å². The summed E-state index contributed by atoms with van der Waals surface area (Å²) >= 11 is 0. The highest BCUT2D eigenvalue weighted by molar-refractivity contribution is 6.10. The number of fused-ring (bicyclic) bond motifs is 6. The predicted octanol–water partition coefficient (Wildman–Crippen LogP) is 11.6. The molecule has 2 aromatic heterocycles. The monoisotopic (exact) mass is 603 g/mol. The van der Waals surface area contributed by atoms with Crippen LogP contribution in [0.25, 0.3) is 49.9 Å². The fourth-order valence-corrected chi connectivity index (χ4v) is 7.56. The maximum absolute atomic E-state index is 4.72. The number of hydrogen-bond donors (Lipinski definition) is 0. The van der Waals surface area contributed by atoms with Crippen molar-refractivity contribution < 1.29 is 0 Å². The van der Waals surface area contributed by atoms with Crippen LogP contribution in [0.5, 0.6) is 0 Å². The van der Waals surface area contributed by atoms with E-state index in [2.05, 4.69) is 169 Å². The van der Waals surface area contributed by atoms with Gasteiger partial charge >= 0.3 is 0 Å². The molecule has 3 heteroatoms. The third-order valence-electron chi connectivity index (χ3n) is 9.85. The first-order chi connectivity index (χ1) is 23.1. The molecule has 8 aromatic rings. The van der Waals surface area contributed by atoms with Crippen LogP contribution in [0.15, 0.2) is 164 Å². The Morgan fingerprint density at radius 1 is 0.489 bits per heavy atom. The second-order valence-electron chi connectivity index (χ2n) is 12.9. The van der Waals surface area contributed by atoms with Crippen molar-refractivity contribution in [2.24, 2.45) is 0 Å². The summed E-state index contributed by atoms with van der Waals surface area (Å²) in [6.07, 6.45) is 1.86. The zero-order chi connectivity index (χ0) is 31.5. The van der Waals surface area contributed by atoms with Crippen LogP contribution in [-0.2, 0) is 5.41 Å². The molecule has 3 nitrogen and oxygen atoms in total. The van der Waals surface area contributed by atoms with Crippen molar-refractivity contribution in [2.45, 2.75) is 19.3 Å². The minimum Gasteiger partial charge on any atom is -0.310 e. The van der Waals surface area contributed by atoms with E-state index in [1.807, 2.05) is 18.3 Å². The molecule has 6 aromatic carbocycles. The van der Waals surface area contributed by atoms with Gasteiger partial charge in [0.05, 0.1) is 11.0 Å². The van der Waals surface area contributed by atoms with Gasteiger partial charge in [-0.05, 0) is 94.0 Å². The Bertz CT molecular complexity index is 2420. The Hall–Kier alpha value is -5.93. The predicted molar refractivity (Wildman–Crippen MR) is 196 cm³/mol. The summed E-state index contributed by atoms with van der Waals surface area (Å²) in [7, 11) is 0. The van der Waals surface area contributed by atoms with Gasteiger partial charge in [-0.2, -0.15) is 0 Å². The third-order valence-corrected chi connectivity index (χ3v) is 9.85. The van der Waals surface area contributed by atoms with Crippen molar-refractivity contribution in [3.8, 4) is 28.1 Å². The summed E-state index contributed by atoms with van der Waals surface area (Å²) in [5.74, 6) is 0.916. The number of anilines is 3. The summed E-state index contributed by atoms with van der Waals surface area (Å²) in [4.78, 5) is 7.12. The highest BCUT2D eigenvalue weighted by atomic mass is 15.1. The van der Waals surface area contributed by atoms with Gasteiger partial charge in [-0.25, -0.2) is 4.98 Å². The van der Waals surface area contributed by atoms with E-state index in [-0.39, 0.29) is 5.41 Å². The van der Waals surface area contributed by atoms with Gasteiger partial charge in [0.25, 0.3) is 0 Å². The molecule has 0 radical (unpaired) electrons. The molecule has 47 heavy (non-hydrogen) atoms. The quantitative estimate of drug-likeness (QED) is 0.195. The van der Waals surface area contributed by atoms with Crippen molar-refractivity contribution in [3.05, 3.63) is 175 Å². The largest absolute Gasteiger partial charge is 0.310 e. The number of aromatic nitrogens is 2. The van der Waals surface area contributed by atoms with E-state index in [4.69, 9.17) is 4.98 Å². The maximum atomic E-state index is 4.72. The Labute approximate surface area is 275 Å². The molecule has 0 spiro atoms. The maximum Gasteiger partial charge on any atom is 0.137 e. The molecule has 1 aliphatic rings. The molecule has 0 aliphatic heterocycles. The van der Waals surface area contributed by atoms with Crippen molar-refractivity contribution in [1.82, 2.24) is 9.55 Å². The van der Waals surface area contributed by atoms with Gasteiger partial charge in [-0.15, -0.1) is 0 Å². The molecule has 0 fully saturated rings. The molecule has 2 heterocycles. The average Bonchev–Trinajstić information content (AvgIpc) is 3.58. The summed E-state index contributed by atoms with van der Waals surface area (Å²) in [6.45, 7) is 4.67. The second kappa shape index (κ2) is 10.6. The first-order valence-corrected chi connectivity index (χ1v) is 16.2. The highest BCUT2D eigenvalue weighted by Crippen LogP contribution is 2.51. The van der Waals surface area contributed by atoms with Gasteiger partial charge in [0.15, 0.2) is 0 Å². The summed E-state index contributed by atoms with van der Waals surface area (Å²) < 4.78 is 2.27. The lowest BCUT2D eigenvalue weighted by atomic mass is 9.82. The second-order valence-corrected chi connectivity index (χ2v) is 12.9. The molecule has 0 unspecified atom stereocenters. The normalized spacial score (nSPS) is 13.1. The average molecular weight is 604 g/mol. The van der Waals surface area contributed by atoms with Gasteiger partial charge in [0, 0.05) is 39.4 Å². The lowest BCUT2D eigenvalue weighted by molar-refractivity contribution is 0.660. The molecule has 0 amide bonds. The van der Waals surface area contributed by atoms with Crippen molar-refractivity contribution >= 4 is 38.9 Å². The fourth-order valence-electron chi connectivity index (χ4n) is 7.56. The Balaban J connectivity index is 1.25. The third kappa shape index (κ3) is 4.31.